The van der Waals surface area contributed by atoms with Gasteiger partial charge in [0, 0.05) is 0 Å². The molecule has 1 aromatic carbocycles. The number of benzene rings is 1. The molecule has 19 heavy (non-hydrogen) atoms. The van der Waals surface area contributed by atoms with E-state index in [1.54, 1.807) is 0 Å². The molecule has 0 spiro atoms. The summed E-state index contributed by atoms with van der Waals surface area (Å²) >= 11 is 4.92. The first-order valence-electron chi connectivity index (χ1n) is 5.52. The summed E-state index contributed by atoms with van der Waals surface area (Å²) in [7, 11) is 0. The molecule has 0 aliphatic heterocycles. The molecule has 0 aromatic heterocycles. The second kappa shape index (κ2) is 8.50. The molecule has 6 heteroatoms. The molecule has 1 rings (SSSR count). The van der Waals surface area contributed by atoms with Gasteiger partial charge in [-0.05, 0) is 19.4 Å². The van der Waals surface area contributed by atoms with Crippen LogP contribution >= 0.6 is 11.6 Å². The molecule has 106 valence electrons. The summed E-state index contributed by atoms with van der Waals surface area (Å²) in [5, 5.41) is 24.6. The number of aliphatic carboxylic acids is 2. The summed E-state index contributed by atoms with van der Waals surface area (Å²) in [6.45, 7) is 3.94. The number of hydrogen-bond donors (Lipinski definition) is 3. The smallest absolute Gasteiger partial charge is 0.333 e. The molecule has 0 amide bonds. The lowest BCUT2D eigenvalue weighted by atomic mass is 10.1. The lowest BCUT2D eigenvalue weighted by Crippen LogP contribution is -2.20. The highest BCUT2D eigenvalue weighted by Gasteiger charge is 2.09. The zero-order valence-electron chi connectivity index (χ0n) is 10.8. The standard InChI is InChI=1S/C10H12O2.C3H5ClO3/c1-7-3-8(2)5-9(4-7)6-10(11)12;4-1-2(5)3(6)7/h3-5H,6H2,1-2H3,(H,11,12);2,5H,1H2,(H,6,7). The molecule has 0 aliphatic carbocycles. The lowest BCUT2D eigenvalue weighted by Gasteiger charge is -2.01. The maximum Gasteiger partial charge on any atom is 0.333 e. The van der Waals surface area contributed by atoms with Gasteiger partial charge in [0.25, 0.3) is 0 Å². The number of carboxylic acid groups (broad SMARTS) is 2. The zero-order chi connectivity index (χ0) is 15.0. The van der Waals surface area contributed by atoms with Gasteiger partial charge in [0.1, 0.15) is 0 Å². The van der Waals surface area contributed by atoms with E-state index in [2.05, 4.69) is 0 Å². The quantitative estimate of drug-likeness (QED) is 0.732. The Bertz CT molecular complexity index is 424. The predicted molar refractivity (Wildman–Crippen MR) is 71.6 cm³/mol. The van der Waals surface area contributed by atoms with Crippen LogP contribution in [0.15, 0.2) is 18.2 Å². The molecule has 0 aliphatic rings. The largest absolute Gasteiger partial charge is 0.481 e. The van der Waals surface area contributed by atoms with Gasteiger partial charge in [-0.1, -0.05) is 29.3 Å². The first-order valence-corrected chi connectivity index (χ1v) is 6.05. The van der Waals surface area contributed by atoms with Crippen LogP contribution in [0.3, 0.4) is 0 Å². The van der Waals surface area contributed by atoms with Crippen LogP contribution in [0, 0.1) is 13.8 Å². The molecule has 0 fully saturated rings. The number of hydrogen-bond acceptors (Lipinski definition) is 3. The number of rotatable bonds is 4. The van der Waals surface area contributed by atoms with Gasteiger partial charge in [0.05, 0.1) is 12.3 Å². The van der Waals surface area contributed by atoms with Crippen LogP contribution in [0.25, 0.3) is 0 Å². The maximum atomic E-state index is 10.4. The number of alkyl halides is 1. The molecule has 1 unspecified atom stereocenters. The Labute approximate surface area is 116 Å². The van der Waals surface area contributed by atoms with Crippen molar-refractivity contribution in [2.45, 2.75) is 26.4 Å². The highest BCUT2D eigenvalue weighted by atomic mass is 35.5. The normalized spacial score (nSPS) is 11.2. The fraction of sp³-hybridized carbons (Fsp3) is 0.385. The summed E-state index contributed by atoms with van der Waals surface area (Å²) < 4.78 is 0. The van der Waals surface area contributed by atoms with Gasteiger partial charge in [-0.3, -0.25) is 4.79 Å². The van der Waals surface area contributed by atoms with Gasteiger partial charge in [0.15, 0.2) is 6.10 Å². The van der Waals surface area contributed by atoms with Crippen LogP contribution in [0.5, 0.6) is 0 Å². The molecule has 1 aromatic rings. The van der Waals surface area contributed by atoms with Gasteiger partial charge in [0.2, 0.25) is 0 Å². The fourth-order valence-electron chi connectivity index (χ4n) is 1.41. The van der Waals surface area contributed by atoms with E-state index < -0.39 is 18.0 Å². The van der Waals surface area contributed by atoms with Crippen molar-refractivity contribution in [2.75, 3.05) is 5.88 Å². The molecule has 0 bridgehead atoms. The third-order valence-electron chi connectivity index (χ3n) is 2.07. The molecule has 5 nitrogen and oxygen atoms in total. The number of halogens is 1. The summed E-state index contributed by atoms with van der Waals surface area (Å²) in [6, 6.07) is 5.84. The summed E-state index contributed by atoms with van der Waals surface area (Å²) in [5.41, 5.74) is 3.11. The van der Waals surface area contributed by atoms with E-state index in [0.29, 0.717) is 0 Å². The summed E-state index contributed by atoms with van der Waals surface area (Å²) in [6.07, 6.45) is -1.30. The Morgan fingerprint density at radius 1 is 1.16 bits per heavy atom. The minimum Gasteiger partial charge on any atom is -0.481 e. The molecule has 0 radical (unpaired) electrons. The molecule has 0 saturated carbocycles. The topological polar surface area (TPSA) is 94.8 Å². The van der Waals surface area contributed by atoms with Crippen molar-refractivity contribution in [3.05, 3.63) is 34.9 Å². The van der Waals surface area contributed by atoms with Gasteiger partial charge in [-0.2, -0.15) is 0 Å². The molecular weight excluding hydrogens is 272 g/mol. The van der Waals surface area contributed by atoms with Crippen LogP contribution in [-0.4, -0.2) is 39.2 Å². The molecule has 0 heterocycles. The highest BCUT2D eigenvalue weighted by Crippen LogP contribution is 2.09. The van der Waals surface area contributed by atoms with Crippen molar-refractivity contribution in [1.82, 2.24) is 0 Å². The van der Waals surface area contributed by atoms with Crippen LogP contribution in [0.1, 0.15) is 16.7 Å². The predicted octanol–water partition coefficient (Wildman–Crippen LogP) is 1.60. The minimum atomic E-state index is -1.42. The number of aliphatic hydroxyl groups is 1. The van der Waals surface area contributed by atoms with Crippen LogP contribution in [-0.2, 0) is 16.0 Å². The average Bonchev–Trinajstić information content (AvgIpc) is 2.26. The first kappa shape index (κ1) is 17.4. The van der Waals surface area contributed by atoms with E-state index >= 15 is 0 Å². The van der Waals surface area contributed by atoms with Crippen molar-refractivity contribution < 1.29 is 24.9 Å². The SMILES string of the molecule is Cc1cc(C)cc(CC(=O)O)c1.O=C(O)C(O)CCl. The highest BCUT2D eigenvalue weighted by molar-refractivity contribution is 6.19. The van der Waals surface area contributed by atoms with Crippen molar-refractivity contribution in [1.29, 1.82) is 0 Å². The van der Waals surface area contributed by atoms with Crippen LogP contribution in [0.2, 0.25) is 0 Å². The van der Waals surface area contributed by atoms with E-state index in [1.807, 2.05) is 32.0 Å². The molecule has 1 atom stereocenters. The Kier molecular flexibility index (Phi) is 7.79. The van der Waals surface area contributed by atoms with Crippen LogP contribution in [0.4, 0.5) is 0 Å². The van der Waals surface area contributed by atoms with E-state index in [-0.39, 0.29) is 12.3 Å². The van der Waals surface area contributed by atoms with Crippen molar-refractivity contribution in [3.8, 4) is 0 Å². The number of aryl methyl sites for hydroxylation is 2. The van der Waals surface area contributed by atoms with Crippen LogP contribution < -0.4 is 0 Å². The van der Waals surface area contributed by atoms with E-state index in [0.717, 1.165) is 16.7 Å². The van der Waals surface area contributed by atoms with Crippen molar-refractivity contribution in [3.63, 3.8) is 0 Å². The van der Waals surface area contributed by atoms with E-state index in [4.69, 9.17) is 26.9 Å². The van der Waals surface area contributed by atoms with Crippen molar-refractivity contribution in [2.24, 2.45) is 0 Å². The fourth-order valence-corrected chi connectivity index (χ4v) is 1.54. The summed E-state index contributed by atoms with van der Waals surface area (Å²) in [5.74, 6) is -2.31. The van der Waals surface area contributed by atoms with Gasteiger partial charge < -0.3 is 15.3 Å². The molecular formula is C13H17ClO5. The summed E-state index contributed by atoms with van der Waals surface area (Å²) in [4.78, 5) is 20.0. The van der Waals surface area contributed by atoms with Gasteiger partial charge >= 0.3 is 11.9 Å². The zero-order valence-corrected chi connectivity index (χ0v) is 11.5. The second-order valence-electron chi connectivity index (χ2n) is 4.07. The Morgan fingerprint density at radius 3 is 1.89 bits per heavy atom. The Morgan fingerprint density at radius 2 is 1.63 bits per heavy atom. The number of carboxylic acids is 2. The number of aliphatic hydroxyl groups excluding tert-OH is 1. The number of carbonyl (C=O) groups is 2. The Hall–Kier alpha value is -1.59. The van der Waals surface area contributed by atoms with Gasteiger partial charge in [-0.15, -0.1) is 11.6 Å². The first-order chi connectivity index (χ1) is 8.76. The minimum absolute atomic E-state index is 0.114. The monoisotopic (exact) mass is 288 g/mol. The second-order valence-corrected chi connectivity index (χ2v) is 4.38. The maximum absolute atomic E-state index is 10.4. The average molecular weight is 289 g/mol. The molecule has 3 N–H and O–H groups in total. The lowest BCUT2D eigenvalue weighted by molar-refractivity contribution is -0.145. The third-order valence-corrected chi connectivity index (χ3v) is 2.36. The molecule has 0 saturated heterocycles. The van der Waals surface area contributed by atoms with Crippen molar-refractivity contribution >= 4 is 23.5 Å². The Balaban J connectivity index is 0.000000399. The third kappa shape index (κ3) is 8.18. The van der Waals surface area contributed by atoms with Gasteiger partial charge in [-0.25, -0.2) is 4.79 Å². The van der Waals surface area contributed by atoms with E-state index in [1.165, 1.54) is 0 Å². The van der Waals surface area contributed by atoms with E-state index in [9.17, 15) is 9.59 Å².